The van der Waals surface area contributed by atoms with Crippen LogP contribution in [-0.4, -0.2) is 24.0 Å². The maximum atomic E-state index is 12.3. The van der Waals surface area contributed by atoms with Crippen LogP contribution in [0.4, 0.5) is 5.69 Å². The molecule has 1 N–H and O–H groups in total. The third kappa shape index (κ3) is 4.53. The molecule has 8 heteroatoms. The first-order valence-electron chi connectivity index (χ1n) is 9.14. The van der Waals surface area contributed by atoms with Crippen molar-refractivity contribution in [3.63, 3.8) is 0 Å². The van der Waals surface area contributed by atoms with E-state index in [1.807, 2.05) is 30.3 Å². The van der Waals surface area contributed by atoms with Crippen LogP contribution in [0.2, 0.25) is 5.02 Å². The molecule has 0 spiro atoms. The lowest BCUT2D eigenvalue weighted by atomic mass is 10.2. The number of amides is 1. The monoisotopic (exact) mass is 440 g/mol. The fourth-order valence-electron chi connectivity index (χ4n) is 2.94. The molecule has 0 saturated heterocycles. The number of aryl methyl sites for hydroxylation is 1. The number of ether oxygens (including phenoxy) is 1. The molecule has 0 aliphatic heterocycles. The number of oxazole rings is 1. The first-order valence-corrected chi connectivity index (χ1v) is 10.3. The van der Waals surface area contributed by atoms with Gasteiger partial charge in [0, 0.05) is 33.8 Å². The van der Waals surface area contributed by atoms with Crippen molar-refractivity contribution in [3.8, 4) is 11.3 Å². The second-order valence-electron chi connectivity index (χ2n) is 6.53. The number of carbonyl (C=O) groups excluding carboxylic acids is 2. The molecule has 4 rings (SSSR count). The summed E-state index contributed by atoms with van der Waals surface area (Å²) in [6.07, 6.45) is 2.25. The van der Waals surface area contributed by atoms with Crippen LogP contribution in [0.25, 0.3) is 21.4 Å². The van der Waals surface area contributed by atoms with Gasteiger partial charge >= 0.3 is 5.97 Å². The molecule has 0 radical (unpaired) electrons. The molecule has 6 nitrogen and oxygen atoms in total. The van der Waals surface area contributed by atoms with Crippen LogP contribution < -0.4 is 5.32 Å². The van der Waals surface area contributed by atoms with Crippen molar-refractivity contribution in [2.24, 2.45) is 0 Å². The van der Waals surface area contributed by atoms with Crippen LogP contribution >= 0.6 is 22.9 Å². The number of nitrogens with zero attached hydrogens (tertiary/aromatic N) is 1. The number of fused-ring (bicyclic) bond motifs is 1. The molecule has 0 fully saturated rings. The average molecular weight is 441 g/mol. The molecule has 0 aliphatic carbocycles. The highest BCUT2D eigenvalue weighted by molar-refractivity contribution is 7.20. The van der Waals surface area contributed by atoms with Gasteiger partial charge in [-0.25, -0.2) is 9.78 Å². The largest absolute Gasteiger partial charge is 0.465 e. The minimum atomic E-state index is -0.370. The Balaban J connectivity index is 1.37. The highest BCUT2D eigenvalue weighted by Gasteiger charge is 2.12. The molecule has 0 saturated carbocycles. The summed E-state index contributed by atoms with van der Waals surface area (Å²) in [5.41, 5.74) is 1.54. The smallest absolute Gasteiger partial charge is 0.348 e. The number of halogens is 1. The first kappa shape index (κ1) is 20.1. The third-order valence-corrected chi connectivity index (χ3v) is 5.78. The quantitative estimate of drug-likeness (QED) is 0.396. The average Bonchev–Trinajstić information content (AvgIpc) is 3.39. The molecule has 0 aliphatic rings. The Morgan fingerprint density at radius 2 is 1.97 bits per heavy atom. The minimum absolute atomic E-state index is 0.149. The molecule has 0 atom stereocenters. The zero-order valence-corrected chi connectivity index (χ0v) is 17.5. The van der Waals surface area contributed by atoms with Crippen LogP contribution in [0.1, 0.15) is 22.0 Å². The lowest BCUT2D eigenvalue weighted by Gasteiger charge is -2.04. The molecule has 1 amide bonds. The van der Waals surface area contributed by atoms with Gasteiger partial charge in [-0.3, -0.25) is 4.79 Å². The van der Waals surface area contributed by atoms with E-state index >= 15 is 0 Å². The van der Waals surface area contributed by atoms with Crippen molar-refractivity contribution in [2.45, 2.75) is 12.8 Å². The van der Waals surface area contributed by atoms with E-state index in [0.717, 1.165) is 15.6 Å². The van der Waals surface area contributed by atoms with Gasteiger partial charge in [-0.15, -0.1) is 11.3 Å². The Hall–Kier alpha value is -3.16. The van der Waals surface area contributed by atoms with E-state index in [9.17, 15) is 9.59 Å². The standard InChI is InChI=1S/C22H17ClN2O4S/c1-28-22(27)19-11-14-10-16(6-7-18(14)30-19)25-20(26)8-9-21-24-12-17(29-21)13-2-4-15(23)5-3-13/h2-7,10-12H,8-9H2,1H3,(H,25,26). The number of thiophene rings is 1. The number of carbonyl (C=O) groups is 2. The van der Waals surface area contributed by atoms with Gasteiger partial charge in [0.05, 0.1) is 13.3 Å². The van der Waals surface area contributed by atoms with Gasteiger partial charge in [-0.2, -0.15) is 0 Å². The van der Waals surface area contributed by atoms with E-state index in [0.29, 0.717) is 33.7 Å². The molecule has 152 valence electrons. The number of aromatic nitrogens is 1. The number of rotatable bonds is 6. The number of hydrogen-bond donors (Lipinski definition) is 1. The normalized spacial score (nSPS) is 10.9. The highest BCUT2D eigenvalue weighted by Crippen LogP contribution is 2.29. The number of nitrogens with one attached hydrogen (secondary N) is 1. The predicted octanol–water partition coefficient (Wildman–Crippen LogP) is 5.57. The fraction of sp³-hybridized carbons (Fsp3) is 0.136. The Bertz CT molecular complexity index is 1210. The summed E-state index contributed by atoms with van der Waals surface area (Å²) in [6, 6.07) is 14.5. The van der Waals surface area contributed by atoms with Gasteiger partial charge in [-0.1, -0.05) is 11.6 Å². The van der Waals surface area contributed by atoms with Crippen molar-refractivity contribution >= 4 is 50.6 Å². The highest BCUT2D eigenvalue weighted by atomic mass is 35.5. The van der Waals surface area contributed by atoms with Crippen molar-refractivity contribution in [1.29, 1.82) is 0 Å². The molecule has 4 aromatic rings. The summed E-state index contributed by atoms with van der Waals surface area (Å²) in [6.45, 7) is 0. The van der Waals surface area contributed by atoms with Crippen LogP contribution in [0, 0.1) is 0 Å². The molecule has 2 aromatic carbocycles. The molecule has 2 heterocycles. The summed E-state index contributed by atoms with van der Waals surface area (Å²) in [7, 11) is 1.35. The summed E-state index contributed by atoms with van der Waals surface area (Å²) in [5.74, 6) is 0.604. The maximum absolute atomic E-state index is 12.3. The van der Waals surface area contributed by atoms with Gasteiger partial charge in [0.25, 0.3) is 0 Å². The molecular formula is C22H17ClN2O4S. The van der Waals surface area contributed by atoms with Gasteiger partial charge in [-0.05, 0) is 53.9 Å². The maximum Gasteiger partial charge on any atom is 0.348 e. The molecule has 30 heavy (non-hydrogen) atoms. The van der Waals surface area contributed by atoms with E-state index in [-0.39, 0.29) is 18.3 Å². The van der Waals surface area contributed by atoms with Crippen LogP contribution in [-0.2, 0) is 16.0 Å². The molecule has 0 unspecified atom stereocenters. The van der Waals surface area contributed by atoms with Crippen LogP contribution in [0.3, 0.4) is 0 Å². The zero-order chi connectivity index (χ0) is 21.1. The van der Waals surface area contributed by atoms with Gasteiger partial charge < -0.3 is 14.5 Å². The number of esters is 1. The molecule has 2 aromatic heterocycles. The number of anilines is 1. The van der Waals surface area contributed by atoms with Crippen molar-refractivity contribution in [1.82, 2.24) is 4.98 Å². The second-order valence-corrected chi connectivity index (χ2v) is 8.05. The SMILES string of the molecule is COC(=O)c1cc2cc(NC(=O)CCc3ncc(-c4ccc(Cl)cc4)o3)ccc2s1. The lowest BCUT2D eigenvalue weighted by molar-refractivity contribution is -0.116. The number of hydrogen-bond acceptors (Lipinski definition) is 6. The third-order valence-electron chi connectivity index (χ3n) is 4.43. The van der Waals surface area contributed by atoms with Crippen LogP contribution in [0.5, 0.6) is 0 Å². The Kier molecular flexibility index (Phi) is 5.83. The fourth-order valence-corrected chi connectivity index (χ4v) is 4.03. The Morgan fingerprint density at radius 1 is 1.17 bits per heavy atom. The second kappa shape index (κ2) is 8.69. The topological polar surface area (TPSA) is 81.4 Å². The van der Waals surface area contributed by atoms with Crippen molar-refractivity contribution in [3.05, 3.63) is 70.5 Å². The lowest BCUT2D eigenvalue weighted by Crippen LogP contribution is -2.12. The summed E-state index contributed by atoms with van der Waals surface area (Å²) in [4.78, 5) is 28.8. The van der Waals surface area contributed by atoms with E-state index in [1.165, 1.54) is 18.4 Å². The molecule has 0 bridgehead atoms. The molecular weight excluding hydrogens is 424 g/mol. The van der Waals surface area contributed by atoms with Gasteiger partial charge in [0.1, 0.15) is 4.88 Å². The summed E-state index contributed by atoms with van der Waals surface area (Å²) in [5, 5.41) is 4.39. The minimum Gasteiger partial charge on any atom is -0.465 e. The Labute approximate surface area is 181 Å². The van der Waals surface area contributed by atoms with E-state index in [4.69, 9.17) is 20.8 Å². The zero-order valence-electron chi connectivity index (χ0n) is 16.0. The van der Waals surface area contributed by atoms with Gasteiger partial charge in [0.2, 0.25) is 5.91 Å². The van der Waals surface area contributed by atoms with Gasteiger partial charge in [0.15, 0.2) is 11.7 Å². The summed E-state index contributed by atoms with van der Waals surface area (Å²) >= 11 is 7.25. The van der Waals surface area contributed by atoms with Crippen LogP contribution in [0.15, 0.2) is 59.1 Å². The van der Waals surface area contributed by atoms with Crippen molar-refractivity contribution in [2.75, 3.05) is 12.4 Å². The Morgan fingerprint density at radius 3 is 2.73 bits per heavy atom. The van der Waals surface area contributed by atoms with E-state index in [2.05, 4.69) is 10.3 Å². The number of methoxy groups -OCH3 is 1. The first-order chi connectivity index (χ1) is 14.5. The van der Waals surface area contributed by atoms with E-state index in [1.54, 1.807) is 24.4 Å². The van der Waals surface area contributed by atoms with Crippen molar-refractivity contribution < 1.29 is 18.7 Å². The summed E-state index contributed by atoms with van der Waals surface area (Å²) < 4.78 is 11.4. The van der Waals surface area contributed by atoms with E-state index < -0.39 is 0 Å². The predicted molar refractivity (Wildman–Crippen MR) is 117 cm³/mol. The number of benzene rings is 2.